The van der Waals surface area contributed by atoms with Crippen LogP contribution in [0.25, 0.3) is 0 Å². The Labute approximate surface area is 150 Å². The van der Waals surface area contributed by atoms with E-state index in [2.05, 4.69) is 4.99 Å². The van der Waals surface area contributed by atoms with E-state index >= 15 is 0 Å². The lowest BCUT2D eigenvalue weighted by atomic mass is 9.82. The number of alkyl halides is 3. The van der Waals surface area contributed by atoms with Crippen LogP contribution in [0.2, 0.25) is 0 Å². The Kier molecular flexibility index (Phi) is 5.75. The number of nitrogens with zero attached hydrogens (tertiary/aromatic N) is 2. The minimum Gasteiger partial charge on any atom is -0.394 e. The van der Waals surface area contributed by atoms with Crippen LogP contribution in [0.1, 0.15) is 38.5 Å². The topological polar surface area (TPSA) is 45.1 Å². The third-order valence-corrected chi connectivity index (χ3v) is 5.26. The van der Waals surface area contributed by atoms with Crippen molar-refractivity contribution < 1.29 is 23.0 Å². The summed E-state index contributed by atoms with van der Waals surface area (Å²) in [6, 6.07) is -0.0155. The SMILES string of the molecule is OCCOC1CC(C2CCCCC2)N=C2C(Cl)=CC(C(F)(F)F)=CN21. The number of halogens is 4. The summed E-state index contributed by atoms with van der Waals surface area (Å²) in [4.78, 5) is 6.03. The molecule has 0 aromatic rings. The van der Waals surface area contributed by atoms with Crippen LogP contribution in [0.15, 0.2) is 27.9 Å². The molecule has 1 N–H and O–H groups in total. The van der Waals surface area contributed by atoms with Gasteiger partial charge in [-0.3, -0.25) is 4.99 Å². The Morgan fingerprint density at radius 2 is 2.00 bits per heavy atom. The maximum absolute atomic E-state index is 13.1. The van der Waals surface area contributed by atoms with Gasteiger partial charge in [0, 0.05) is 12.6 Å². The van der Waals surface area contributed by atoms with Crippen LogP contribution in [0.4, 0.5) is 13.2 Å². The number of rotatable bonds is 4. The van der Waals surface area contributed by atoms with Crippen LogP contribution in [-0.2, 0) is 4.74 Å². The third-order valence-electron chi connectivity index (χ3n) is 4.98. The van der Waals surface area contributed by atoms with Gasteiger partial charge >= 0.3 is 6.18 Å². The summed E-state index contributed by atoms with van der Waals surface area (Å²) >= 11 is 6.14. The summed E-state index contributed by atoms with van der Waals surface area (Å²) in [5, 5.41) is 9.01. The Balaban J connectivity index is 1.90. The summed E-state index contributed by atoms with van der Waals surface area (Å²) in [5.41, 5.74) is -0.829. The lowest BCUT2D eigenvalue weighted by Crippen LogP contribution is -2.48. The van der Waals surface area contributed by atoms with E-state index in [0.717, 1.165) is 38.0 Å². The predicted octanol–water partition coefficient (Wildman–Crippen LogP) is 3.96. The highest BCUT2D eigenvalue weighted by Crippen LogP contribution is 2.38. The average molecular weight is 379 g/mol. The molecule has 1 aliphatic carbocycles. The second-order valence-electron chi connectivity index (χ2n) is 6.68. The van der Waals surface area contributed by atoms with Gasteiger partial charge in [0.15, 0.2) is 0 Å². The lowest BCUT2D eigenvalue weighted by molar-refractivity contribution is -0.0914. The van der Waals surface area contributed by atoms with E-state index in [1.54, 1.807) is 0 Å². The molecule has 4 nitrogen and oxygen atoms in total. The van der Waals surface area contributed by atoms with E-state index in [0.29, 0.717) is 18.2 Å². The lowest BCUT2D eigenvalue weighted by Gasteiger charge is -2.42. The largest absolute Gasteiger partial charge is 0.417 e. The van der Waals surface area contributed by atoms with Gasteiger partial charge in [0.1, 0.15) is 12.1 Å². The van der Waals surface area contributed by atoms with Crippen molar-refractivity contribution in [1.29, 1.82) is 0 Å². The summed E-state index contributed by atoms with van der Waals surface area (Å²) < 4.78 is 44.9. The maximum atomic E-state index is 13.1. The van der Waals surface area contributed by atoms with Gasteiger partial charge in [0.05, 0.1) is 29.9 Å². The fourth-order valence-electron chi connectivity index (χ4n) is 3.76. The molecule has 2 atom stereocenters. The standard InChI is InChI=1S/C17H22ClF3N2O2/c18-13-8-12(17(19,20)21)10-23-15(25-7-6-24)9-14(22-16(13)23)11-4-2-1-3-5-11/h8,10-11,14-15,24H,1-7,9H2. The molecule has 2 heterocycles. The van der Waals surface area contributed by atoms with Crippen molar-refractivity contribution in [3.63, 3.8) is 0 Å². The summed E-state index contributed by atoms with van der Waals surface area (Å²) in [7, 11) is 0. The third kappa shape index (κ3) is 4.20. The normalized spacial score (nSPS) is 28.2. The van der Waals surface area contributed by atoms with Crippen LogP contribution in [0.3, 0.4) is 0 Å². The fourth-order valence-corrected chi connectivity index (χ4v) is 4.02. The number of hydrogen-bond donors (Lipinski definition) is 1. The van der Waals surface area contributed by atoms with E-state index < -0.39 is 18.0 Å². The number of aliphatic hydroxyl groups excluding tert-OH is 1. The number of amidine groups is 1. The molecule has 8 heteroatoms. The van der Waals surface area contributed by atoms with Crippen molar-refractivity contribution in [3.8, 4) is 0 Å². The molecule has 2 aliphatic heterocycles. The van der Waals surface area contributed by atoms with E-state index in [-0.39, 0.29) is 24.3 Å². The van der Waals surface area contributed by atoms with Gasteiger partial charge in [0.25, 0.3) is 0 Å². The van der Waals surface area contributed by atoms with Crippen molar-refractivity contribution in [1.82, 2.24) is 4.90 Å². The van der Waals surface area contributed by atoms with Gasteiger partial charge in [-0.15, -0.1) is 0 Å². The zero-order valence-corrected chi connectivity index (χ0v) is 14.6. The van der Waals surface area contributed by atoms with Gasteiger partial charge in [-0.25, -0.2) is 0 Å². The molecular weight excluding hydrogens is 357 g/mol. The summed E-state index contributed by atoms with van der Waals surface area (Å²) in [6.45, 7) is -0.132. The van der Waals surface area contributed by atoms with Crippen LogP contribution >= 0.6 is 11.6 Å². The molecule has 0 radical (unpaired) electrons. The first-order valence-electron chi connectivity index (χ1n) is 8.65. The minimum atomic E-state index is -4.49. The van der Waals surface area contributed by atoms with Crippen molar-refractivity contribution in [3.05, 3.63) is 22.9 Å². The van der Waals surface area contributed by atoms with E-state index in [1.807, 2.05) is 0 Å². The van der Waals surface area contributed by atoms with Gasteiger partial charge < -0.3 is 14.7 Å². The van der Waals surface area contributed by atoms with Gasteiger partial charge in [0.2, 0.25) is 0 Å². The van der Waals surface area contributed by atoms with Crippen molar-refractivity contribution in [2.24, 2.45) is 10.9 Å². The number of allylic oxidation sites excluding steroid dienone is 2. The minimum absolute atomic E-state index is 0.0155. The van der Waals surface area contributed by atoms with Gasteiger partial charge in [-0.2, -0.15) is 13.2 Å². The van der Waals surface area contributed by atoms with Gasteiger partial charge in [-0.1, -0.05) is 30.9 Å². The number of hydrogen-bond acceptors (Lipinski definition) is 4. The Morgan fingerprint density at radius 1 is 1.28 bits per heavy atom. The van der Waals surface area contributed by atoms with Crippen molar-refractivity contribution in [2.45, 2.75) is 57.0 Å². The van der Waals surface area contributed by atoms with Gasteiger partial charge in [-0.05, 0) is 24.8 Å². The molecule has 1 saturated carbocycles. The molecule has 0 aromatic heterocycles. The molecule has 140 valence electrons. The number of aliphatic hydroxyl groups is 1. The van der Waals surface area contributed by atoms with E-state index in [9.17, 15) is 13.2 Å². The number of ether oxygens (including phenoxy) is 1. The molecule has 2 unspecified atom stereocenters. The highest BCUT2D eigenvalue weighted by molar-refractivity contribution is 6.43. The quantitative estimate of drug-likeness (QED) is 0.805. The predicted molar refractivity (Wildman–Crippen MR) is 89.2 cm³/mol. The van der Waals surface area contributed by atoms with Crippen molar-refractivity contribution >= 4 is 17.4 Å². The first-order chi connectivity index (χ1) is 11.9. The Bertz CT molecular complexity index is 583. The summed E-state index contributed by atoms with van der Waals surface area (Å²) in [5.74, 6) is 0.737. The second-order valence-corrected chi connectivity index (χ2v) is 7.09. The monoisotopic (exact) mass is 378 g/mol. The van der Waals surface area contributed by atoms with Crippen LogP contribution in [0, 0.1) is 5.92 Å². The highest BCUT2D eigenvalue weighted by Gasteiger charge is 2.41. The molecule has 3 rings (SSSR count). The smallest absolute Gasteiger partial charge is 0.394 e. The average Bonchev–Trinajstić information content (AvgIpc) is 2.59. The number of aliphatic imine (C=N–C) groups is 1. The van der Waals surface area contributed by atoms with Crippen molar-refractivity contribution in [2.75, 3.05) is 13.2 Å². The second kappa shape index (κ2) is 7.68. The zero-order chi connectivity index (χ0) is 18.0. The fraction of sp³-hybridized carbons (Fsp3) is 0.706. The molecule has 0 bridgehead atoms. The Morgan fingerprint density at radius 3 is 2.64 bits per heavy atom. The Hall–Kier alpha value is -1.05. The number of fused-ring (bicyclic) bond motifs is 1. The molecule has 0 saturated heterocycles. The molecule has 25 heavy (non-hydrogen) atoms. The van der Waals surface area contributed by atoms with Crippen LogP contribution < -0.4 is 0 Å². The van der Waals surface area contributed by atoms with E-state index in [4.69, 9.17) is 21.4 Å². The van der Waals surface area contributed by atoms with E-state index in [1.165, 1.54) is 11.3 Å². The molecular formula is C17H22ClF3N2O2. The maximum Gasteiger partial charge on any atom is 0.417 e. The first kappa shape index (κ1) is 18.7. The zero-order valence-electron chi connectivity index (χ0n) is 13.8. The summed E-state index contributed by atoms with van der Waals surface area (Å²) in [6.07, 6.45) is 2.98. The molecule has 0 aromatic carbocycles. The highest BCUT2D eigenvalue weighted by atomic mass is 35.5. The molecule has 0 spiro atoms. The van der Waals surface area contributed by atoms with Crippen LogP contribution in [0.5, 0.6) is 0 Å². The molecule has 0 amide bonds. The molecule has 1 fully saturated rings. The van der Waals surface area contributed by atoms with Crippen LogP contribution in [-0.4, -0.2) is 47.5 Å². The first-order valence-corrected chi connectivity index (χ1v) is 9.03. The molecule has 3 aliphatic rings.